The van der Waals surface area contributed by atoms with Gasteiger partial charge in [-0.25, -0.2) is 0 Å². The first-order chi connectivity index (χ1) is 7.59. The van der Waals surface area contributed by atoms with E-state index in [1.54, 1.807) is 0 Å². The highest BCUT2D eigenvalue weighted by Gasteiger charge is 2.24. The maximum atomic E-state index is 12.0. The van der Waals surface area contributed by atoms with E-state index in [1.807, 2.05) is 13.8 Å². The van der Waals surface area contributed by atoms with Gasteiger partial charge < -0.3 is 15.8 Å². The van der Waals surface area contributed by atoms with E-state index in [2.05, 4.69) is 5.32 Å². The van der Waals surface area contributed by atoms with E-state index in [4.69, 9.17) is 10.5 Å². The normalized spacial score (nSPS) is 14.9. The topological polar surface area (TPSA) is 64.4 Å². The highest BCUT2D eigenvalue weighted by atomic mass is 32.1. The molecule has 88 valence electrons. The largest absolute Gasteiger partial charge is 0.390 e. The first-order valence-electron chi connectivity index (χ1n) is 5.38. The maximum Gasteiger partial charge on any atom is 0.254 e. The number of hydrogen-bond donors (Lipinski definition) is 2. The Bertz CT molecular complexity index is 412. The molecule has 0 bridgehead atoms. The molecule has 1 amide bonds. The Morgan fingerprint density at radius 3 is 3.00 bits per heavy atom. The van der Waals surface area contributed by atoms with E-state index in [9.17, 15) is 4.79 Å². The number of carbonyl (C=O) groups excluding carboxylic acids is 1. The Labute approximate surface area is 98.8 Å². The number of thiophene rings is 1. The summed E-state index contributed by atoms with van der Waals surface area (Å²) in [7, 11) is 0. The highest BCUT2D eigenvalue weighted by Crippen LogP contribution is 2.34. The van der Waals surface area contributed by atoms with Crippen molar-refractivity contribution in [2.24, 2.45) is 0 Å². The third kappa shape index (κ3) is 2.05. The number of rotatable bonds is 2. The van der Waals surface area contributed by atoms with Gasteiger partial charge in [0.2, 0.25) is 0 Å². The molecule has 5 heteroatoms. The quantitative estimate of drug-likeness (QED) is 0.824. The van der Waals surface area contributed by atoms with Gasteiger partial charge in [-0.3, -0.25) is 4.79 Å². The summed E-state index contributed by atoms with van der Waals surface area (Å²) in [5.41, 5.74) is 7.64. The molecule has 0 unspecified atom stereocenters. The van der Waals surface area contributed by atoms with Crippen LogP contribution >= 0.6 is 11.3 Å². The fourth-order valence-corrected chi connectivity index (χ4v) is 2.89. The van der Waals surface area contributed by atoms with Crippen LogP contribution in [0, 0.1) is 0 Å². The summed E-state index contributed by atoms with van der Waals surface area (Å²) < 4.78 is 5.35. The molecule has 4 nitrogen and oxygen atoms in total. The number of nitrogens with one attached hydrogen (secondary N) is 1. The molecule has 2 heterocycles. The van der Waals surface area contributed by atoms with Crippen LogP contribution in [0.3, 0.4) is 0 Å². The predicted octanol–water partition coefficient (Wildman–Crippen LogP) is 1.54. The molecule has 1 aliphatic heterocycles. The fourth-order valence-electron chi connectivity index (χ4n) is 1.84. The van der Waals surface area contributed by atoms with Crippen LogP contribution in [0.1, 0.15) is 34.6 Å². The molecular formula is C11H16N2O2S. The molecule has 0 aromatic carbocycles. The van der Waals surface area contributed by atoms with Gasteiger partial charge in [-0.1, -0.05) is 0 Å². The molecule has 0 radical (unpaired) electrons. The van der Waals surface area contributed by atoms with Gasteiger partial charge in [0, 0.05) is 10.9 Å². The van der Waals surface area contributed by atoms with Gasteiger partial charge in [-0.05, 0) is 25.8 Å². The van der Waals surface area contributed by atoms with Crippen LogP contribution in [-0.4, -0.2) is 18.6 Å². The number of carbonyl (C=O) groups is 1. The van der Waals surface area contributed by atoms with Gasteiger partial charge in [0.05, 0.1) is 23.8 Å². The van der Waals surface area contributed by atoms with E-state index < -0.39 is 0 Å². The van der Waals surface area contributed by atoms with E-state index >= 15 is 0 Å². The molecule has 0 fully saturated rings. The van der Waals surface area contributed by atoms with Gasteiger partial charge >= 0.3 is 0 Å². The van der Waals surface area contributed by atoms with Crippen LogP contribution in [0.2, 0.25) is 0 Å². The lowest BCUT2D eigenvalue weighted by Crippen LogP contribution is -2.31. The number of hydrogen-bond acceptors (Lipinski definition) is 4. The zero-order chi connectivity index (χ0) is 11.7. The molecular weight excluding hydrogens is 224 g/mol. The number of amides is 1. The first-order valence-corrected chi connectivity index (χ1v) is 6.20. The third-order valence-electron chi connectivity index (χ3n) is 2.49. The van der Waals surface area contributed by atoms with E-state index in [0.29, 0.717) is 23.8 Å². The van der Waals surface area contributed by atoms with Crippen molar-refractivity contribution < 1.29 is 9.53 Å². The molecule has 0 spiro atoms. The molecule has 0 saturated carbocycles. The predicted molar refractivity (Wildman–Crippen MR) is 64.7 cm³/mol. The average Bonchev–Trinajstić information content (AvgIpc) is 2.52. The monoisotopic (exact) mass is 240 g/mol. The Morgan fingerprint density at radius 1 is 1.56 bits per heavy atom. The van der Waals surface area contributed by atoms with Crippen molar-refractivity contribution in [2.45, 2.75) is 32.9 Å². The number of anilines is 1. The van der Waals surface area contributed by atoms with Crippen molar-refractivity contribution in [3.8, 4) is 0 Å². The van der Waals surface area contributed by atoms with Crippen molar-refractivity contribution >= 4 is 22.2 Å². The summed E-state index contributed by atoms with van der Waals surface area (Å²) in [5, 5.41) is 3.49. The summed E-state index contributed by atoms with van der Waals surface area (Å²) in [6.07, 6.45) is 0.782. The second kappa shape index (κ2) is 4.43. The van der Waals surface area contributed by atoms with Crippen LogP contribution in [0.15, 0.2) is 0 Å². The van der Waals surface area contributed by atoms with Gasteiger partial charge in [0.25, 0.3) is 5.91 Å². The summed E-state index contributed by atoms with van der Waals surface area (Å²) in [6.45, 7) is 5.14. The molecule has 2 rings (SSSR count). The number of nitrogen functional groups attached to an aromatic ring is 1. The SMILES string of the molecule is CC(C)NC(=O)c1c(N)sc2c1CCOC2. The molecule has 0 saturated heterocycles. The Morgan fingerprint density at radius 2 is 2.31 bits per heavy atom. The standard InChI is InChI=1S/C11H16N2O2S/c1-6(2)13-11(14)9-7-3-4-15-5-8(7)16-10(9)12/h6H,3-5,12H2,1-2H3,(H,13,14). The van der Waals surface area contributed by atoms with Crippen molar-refractivity contribution in [1.82, 2.24) is 5.32 Å². The van der Waals surface area contributed by atoms with E-state index in [0.717, 1.165) is 16.9 Å². The molecule has 1 aliphatic rings. The van der Waals surface area contributed by atoms with Crippen LogP contribution in [0.5, 0.6) is 0 Å². The molecule has 1 aromatic rings. The van der Waals surface area contributed by atoms with Crippen molar-refractivity contribution in [2.75, 3.05) is 12.3 Å². The Hall–Kier alpha value is -1.07. The van der Waals surface area contributed by atoms with Crippen LogP contribution < -0.4 is 11.1 Å². The average molecular weight is 240 g/mol. The lowest BCUT2D eigenvalue weighted by Gasteiger charge is -2.14. The molecule has 0 atom stereocenters. The van der Waals surface area contributed by atoms with Gasteiger partial charge in [0.1, 0.15) is 0 Å². The smallest absolute Gasteiger partial charge is 0.254 e. The summed E-state index contributed by atoms with van der Waals surface area (Å²) in [5.74, 6) is -0.0631. The van der Waals surface area contributed by atoms with Crippen LogP contribution in [0.25, 0.3) is 0 Å². The first kappa shape index (κ1) is 11.4. The summed E-state index contributed by atoms with van der Waals surface area (Å²) in [6, 6.07) is 0.127. The Balaban J connectivity index is 2.32. The van der Waals surface area contributed by atoms with Crippen LogP contribution in [0.4, 0.5) is 5.00 Å². The minimum absolute atomic E-state index is 0.0631. The van der Waals surface area contributed by atoms with E-state index in [-0.39, 0.29) is 11.9 Å². The highest BCUT2D eigenvalue weighted by molar-refractivity contribution is 7.16. The number of nitrogens with two attached hydrogens (primary N) is 1. The minimum Gasteiger partial charge on any atom is -0.390 e. The van der Waals surface area contributed by atoms with Gasteiger partial charge in [-0.15, -0.1) is 11.3 Å². The lowest BCUT2D eigenvalue weighted by atomic mass is 10.1. The van der Waals surface area contributed by atoms with Gasteiger partial charge in [0.15, 0.2) is 0 Å². The minimum atomic E-state index is -0.0631. The maximum absolute atomic E-state index is 12.0. The van der Waals surface area contributed by atoms with Crippen molar-refractivity contribution in [1.29, 1.82) is 0 Å². The molecule has 16 heavy (non-hydrogen) atoms. The van der Waals surface area contributed by atoms with Gasteiger partial charge in [-0.2, -0.15) is 0 Å². The van der Waals surface area contributed by atoms with Crippen molar-refractivity contribution in [3.63, 3.8) is 0 Å². The Kier molecular flexibility index (Phi) is 3.16. The molecule has 0 aliphatic carbocycles. The number of ether oxygens (including phenoxy) is 1. The lowest BCUT2D eigenvalue weighted by molar-refractivity contribution is 0.0936. The molecule has 1 aromatic heterocycles. The molecule has 3 N–H and O–H groups in total. The second-order valence-electron chi connectivity index (χ2n) is 4.17. The number of fused-ring (bicyclic) bond motifs is 1. The zero-order valence-electron chi connectivity index (χ0n) is 9.50. The summed E-state index contributed by atoms with van der Waals surface area (Å²) >= 11 is 1.46. The second-order valence-corrected chi connectivity index (χ2v) is 5.31. The van der Waals surface area contributed by atoms with E-state index in [1.165, 1.54) is 11.3 Å². The summed E-state index contributed by atoms with van der Waals surface area (Å²) in [4.78, 5) is 13.1. The third-order valence-corrected chi connectivity index (χ3v) is 3.53. The zero-order valence-corrected chi connectivity index (χ0v) is 10.3. The van der Waals surface area contributed by atoms with Crippen LogP contribution in [-0.2, 0) is 17.8 Å². The van der Waals surface area contributed by atoms with Crippen molar-refractivity contribution in [3.05, 3.63) is 16.0 Å². The fraction of sp³-hybridized carbons (Fsp3) is 0.545.